The highest BCUT2D eigenvalue weighted by molar-refractivity contribution is 6.31. The van der Waals surface area contributed by atoms with Gasteiger partial charge < -0.3 is 10.5 Å². The summed E-state index contributed by atoms with van der Waals surface area (Å²) in [5.41, 5.74) is 8.47. The van der Waals surface area contributed by atoms with E-state index in [4.69, 9.17) is 27.3 Å². The Labute approximate surface area is 155 Å². The first kappa shape index (κ1) is 17.5. The van der Waals surface area contributed by atoms with Gasteiger partial charge in [0.05, 0.1) is 16.3 Å². The van der Waals surface area contributed by atoms with E-state index in [1.165, 1.54) is 0 Å². The van der Waals surface area contributed by atoms with Crippen LogP contribution in [-0.4, -0.2) is 10.9 Å². The summed E-state index contributed by atoms with van der Waals surface area (Å²) in [4.78, 5) is 15.7. The number of primary amides is 1. The van der Waals surface area contributed by atoms with E-state index in [2.05, 4.69) is 4.98 Å². The number of pyridine rings is 1. The summed E-state index contributed by atoms with van der Waals surface area (Å²) in [6.07, 6.45) is 1.63. The number of hydrogen-bond acceptors (Lipinski definition) is 4. The van der Waals surface area contributed by atoms with Crippen LogP contribution in [0.1, 0.15) is 21.5 Å². The van der Waals surface area contributed by atoms with E-state index in [0.29, 0.717) is 33.3 Å². The van der Waals surface area contributed by atoms with E-state index in [1.807, 2.05) is 19.1 Å². The average molecular weight is 364 g/mol. The lowest BCUT2D eigenvalue weighted by Gasteiger charge is -2.09. The summed E-state index contributed by atoms with van der Waals surface area (Å²) >= 11 is 5.93. The lowest BCUT2D eigenvalue weighted by Crippen LogP contribution is -2.12. The molecule has 2 aromatic carbocycles. The quantitative estimate of drug-likeness (QED) is 0.740. The lowest BCUT2D eigenvalue weighted by molar-refractivity contribution is 0.0999. The second-order valence-electron chi connectivity index (χ2n) is 5.63. The topological polar surface area (TPSA) is 89.0 Å². The minimum Gasteiger partial charge on any atom is -0.457 e. The number of ether oxygens (including phenoxy) is 1. The van der Waals surface area contributed by atoms with Gasteiger partial charge in [-0.2, -0.15) is 5.26 Å². The molecule has 0 aliphatic rings. The van der Waals surface area contributed by atoms with Crippen molar-refractivity contribution >= 4 is 17.5 Å². The highest BCUT2D eigenvalue weighted by Crippen LogP contribution is 2.29. The van der Waals surface area contributed by atoms with Gasteiger partial charge in [-0.05, 0) is 42.8 Å². The van der Waals surface area contributed by atoms with Crippen molar-refractivity contribution in [3.05, 3.63) is 76.4 Å². The van der Waals surface area contributed by atoms with Crippen LogP contribution in [-0.2, 0) is 0 Å². The summed E-state index contributed by atoms with van der Waals surface area (Å²) in [6.45, 7) is 1.82. The van der Waals surface area contributed by atoms with Crippen molar-refractivity contribution in [3.63, 3.8) is 0 Å². The fourth-order valence-electron chi connectivity index (χ4n) is 2.52. The van der Waals surface area contributed by atoms with Crippen LogP contribution in [0.5, 0.6) is 11.5 Å². The minimum atomic E-state index is -0.463. The number of carbonyl (C=O) groups is 1. The van der Waals surface area contributed by atoms with Gasteiger partial charge in [0.25, 0.3) is 0 Å². The van der Waals surface area contributed by atoms with Gasteiger partial charge >= 0.3 is 0 Å². The molecule has 1 heterocycles. The second kappa shape index (κ2) is 7.26. The number of nitrogens with zero attached hydrogens (tertiary/aromatic N) is 2. The number of aryl methyl sites for hydroxylation is 1. The number of nitrogens with two attached hydrogens (primary N) is 1. The molecule has 26 heavy (non-hydrogen) atoms. The van der Waals surface area contributed by atoms with Crippen molar-refractivity contribution in [2.24, 2.45) is 5.73 Å². The minimum absolute atomic E-state index is 0.344. The van der Waals surface area contributed by atoms with Crippen LogP contribution in [0.2, 0.25) is 5.02 Å². The summed E-state index contributed by atoms with van der Waals surface area (Å²) in [5.74, 6) is 0.608. The first-order valence-corrected chi connectivity index (χ1v) is 8.10. The maximum absolute atomic E-state index is 11.4. The number of aromatic nitrogens is 1. The van der Waals surface area contributed by atoms with Crippen LogP contribution in [0.15, 0.2) is 54.7 Å². The van der Waals surface area contributed by atoms with E-state index in [0.717, 1.165) is 11.1 Å². The average Bonchev–Trinajstić information content (AvgIpc) is 2.63. The Morgan fingerprint density at radius 1 is 1.15 bits per heavy atom. The molecule has 0 bridgehead atoms. The summed E-state index contributed by atoms with van der Waals surface area (Å²) in [7, 11) is 0. The molecule has 0 spiro atoms. The van der Waals surface area contributed by atoms with Crippen LogP contribution < -0.4 is 10.5 Å². The number of amides is 1. The molecule has 3 aromatic rings. The predicted octanol–water partition coefficient (Wildman–Crippen LogP) is 4.47. The van der Waals surface area contributed by atoms with Crippen LogP contribution >= 0.6 is 11.6 Å². The fraction of sp³-hybridized carbons (Fsp3) is 0.0500. The first-order chi connectivity index (χ1) is 12.5. The molecule has 2 N–H and O–H groups in total. The van der Waals surface area contributed by atoms with Crippen molar-refractivity contribution in [1.29, 1.82) is 5.26 Å². The van der Waals surface area contributed by atoms with Gasteiger partial charge in [-0.1, -0.05) is 17.7 Å². The highest BCUT2D eigenvalue weighted by atomic mass is 35.5. The lowest BCUT2D eigenvalue weighted by atomic mass is 10.0. The number of carbonyl (C=O) groups excluding carboxylic acids is 1. The molecule has 0 radical (unpaired) electrons. The van der Waals surface area contributed by atoms with E-state index >= 15 is 0 Å². The Morgan fingerprint density at radius 2 is 1.92 bits per heavy atom. The smallest absolute Gasteiger partial charge is 0.248 e. The van der Waals surface area contributed by atoms with Crippen molar-refractivity contribution < 1.29 is 9.53 Å². The van der Waals surface area contributed by atoms with Crippen LogP contribution in [0.25, 0.3) is 11.3 Å². The molecular weight excluding hydrogens is 350 g/mol. The van der Waals surface area contributed by atoms with Gasteiger partial charge in [0.2, 0.25) is 5.91 Å². The van der Waals surface area contributed by atoms with E-state index in [-0.39, 0.29) is 0 Å². The highest BCUT2D eigenvalue weighted by Gasteiger charge is 2.09. The van der Waals surface area contributed by atoms with E-state index in [1.54, 1.807) is 48.7 Å². The molecule has 3 rings (SSSR count). The molecule has 0 aliphatic carbocycles. The Bertz CT molecular complexity index is 1040. The van der Waals surface area contributed by atoms with Gasteiger partial charge in [0.15, 0.2) is 0 Å². The van der Waals surface area contributed by atoms with E-state index in [9.17, 15) is 4.79 Å². The summed E-state index contributed by atoms with van der Waals surface area (Å²) < 4.78 is 5.81. The Kier molecular flexibility index (Phi) is 4.87. The Hall–Kier alpha value is -3.36. The fourth-order valence-corrected chi connectivity index (χ4v) is 2.68. The molecule has 0 saturated carbocycles. The third-order valence-corrected chi connectivity index (χ3v) is 4.14. The zero-order chi connectivity index (χ0) is 18.7. The molecule has 5 nitrogen and oxygen atoms in total. The zero-order valence-electron chi connectivity index (χ0n) is 13.9. The number of halogens is 1. The van der Waals surface area contributed by atoms with Crippen molar-refractivity contribution in [2.45, 2.75) is 6.92 Å². The first-order valence-electron chi connectivity index (χ1n) is 7.72. The number of benzene rings is 2. The zero-order valence-corrected chi connectivity index (χ0v) is 14.6. The van der Waals surface area contributed by atoms with Gasteiger partial charge in [-0.25, -0.2) is 0 Å². The van der Waals surface area contributed by atoms with Crippen LogP contribution in [0.4, 0.5) is 0 Å². The van der Waals surface area contributed by atoms with Crippen LogP contribution in [0, 0.1) is 18.3 Å². The normalized spacial score (nSPS) is 10.2. The predicted molar refractivity (Wildman–Crippen MR) is 99.2 cm³/mol. The summed E-state index contributed by atoms with van der Waals surface area (Å²) in [6, 6.07) is 15.7. The molecule has 1 aromatic heterocycles. The number of hydrogen-bond donors (Lipinski definition) is 1. The number of rotatable bonds is 4. The van der Waals surface area contributed by atoms with Crippen molar-refractivity contribution in [3.8, 4) is 28.8 Å². The van der Waals surface area contributed by atoms with Crippen LogP contribution in [0.3, 0.4) is 0 Å². The Balaban J connectivity index is 1.90. The standard InChI is InChI=1S/C20H14ClN3O2/c1-12-8-13(2-4-17(12)20(23)25)19-10-16(6-7-24-19)26-15-3-5-18(21)14(9-15)11-22/h2-10H,1H3,(H2,23,25). The van der Waals surface area contributed by atoms with Gasteiger partial charge in [-0.15, -0.1) is 0 Å². The second-order valence-corrected chi connectivity index (χ2v) is 6.03. The molecule has 128 valence electrons. The molecule has 1 amide bonds. The molecule has 0 unspecified atom stereocenters. The van der Waals surface area contributed by atoms with Gasteiger partial charge in [-0.3, -0.25) is 9.78 Å². The maximum Gasteiger partial charge on any atom is 0.248 e. The Morgan fingerprint density at radius 3 is 2.62 bits per heavy atom. The summed E-state index contributed by atoms with van der Waals surface area (Å²) in [5, 5.41) is 9.43. The van der Waals surface area contributed by atoms with Crippen molar-refractivity contribution in [1.82, 2.24) is 4.98 Å². The number of nitriles is 1. The molecule has 6 heteroatoms. The van der Waals surface area contributed by atoms with E-state index < -0.39 is 5.91 Å². The SMILES string of the molecule is Cc1cc(-c2cc(Oc3ccc(Cl)c(C#N)c3)ccn2)ccc1C(N)=O. The molecule has 0 fully saturated rings. The third kappa shape index (κ3) is 3.66. The van der Waals surface area contributed by atoms with Crippen molar-refractivity contribution in [2.75, 3.05) is 0 Å². The molecule has 0 aliphatic heterocycles. The van der Waals surface area contributed by atoms with Gasteiger partial charge in [0.1, 0.15) is 17.6 Å². The monoisotopic (exact) mass is 363 g/mol. The molecular formula is C20H14ClN3O2. The van der Waals surface area contributed by atoms with Gasteiger partial charge in [0, 0.05) is 29.5 Å². The molecule has 0 atom stereocenters. The largest absolute Gasteiger partial charge is 0.457 e. The third-order valence-electron chi connectivity index (χ3n) is 3.81. The molecule has 0 saturated heterocycles. The maximum atomic E-state index is 11.4.